The van der Waals surface area contributed by atoms with Gasteiger partial charge in [0.15, 0.2) is 11.6 Å². The molecule has 0 atom stereocenters. The number of benzene rings is 1. The van der Waals surface area contributed by atoms with Gasteiger partial charge in [-0.15, -0.1) is 5.10 Å². The largest absolute Gasteiger partial charge is 0.484 e. The lowest BCUT2D eigenvalue weighted by Crippen LogP contribution is -2.36. The second-order valence-electron chi connectivity index (χ2n) is 7.23. The summed E-state index contributed by atoms with van der Waals surface area (Å²) in [6.45, 7) is 3.15. The first-order chi connectivity index (χ1) is 14.5. The highest BCUT2D eigenvalue weighted by Gasteiger charge is 2.24. The van der Waals surface area contributed by atoms with Gasteiger partial charge in [0, 0.05) is 25.4 Å². The van der Waals surface area contributed by atoms with Crippen LogP contribution in [-0.4, -0.2) is 54.4 Å². The fourth-order valence-electron chi connectivity index (χ4n) is 3.58. The molecule has 1 aliphatic rings. The molecule has 0 saturated carbocycles. The standard InChI is InChI=1S/C20H21FN6O3/c1-13-8-15(14-4-6-26(7-5-14)20(28)29)10-22-18(13)11-30-19-3-2-16(9-17(19)21)27-12-23-24-25-27/h2-3,8-10,12,14H,4-7,11H2,1H3,(H,28,29). The lowest BCUT2D eigenvalue weighted by molar-refractivity contribution is 0.132. The van der Waals surface area contributed by atoms with Crippen molar-refractivity contribution in [1.29, 1.82) is 0 Å². The number of carbonyl (C=O) groups is 1. The van der Waals surface area contributed by atoms with Crippen LogP contribution in [-0.2, 0) is 6.61 Å². The Hall–Kier alpha value is -3.56. The third-order valence-corrected chi connectivity index (χ3v) is 5.34. The highest BCUT2D eigenvalue weighted by atomic mass is 19.1. The summed E-state index contributed by atoms with van der Waals surface area (Å²) in [6, 6.07) is 6.57. The number of hydrogen-bond donors (Lipinski definition) is 1. The van der Waals surface area contributed by atoms with Crippen molar-refractivity contribution in [2.45, 2.75) is 32.3 Å². The van der Waals surface area contributed by atoms with E-state index in [-0.39, 0.29) is 18.3 Å². The third kappa shape index (κ3) is 4.22. The first kappa shape index (κ1) is 19.7. The van der Waals surface area contributed by atoms with E-state index in [2.05, 4.69) is 26.6 Å². The molecule has 0 spiro atoms. The van der Waals surface area contributed by atoms with Crippen molar-refractivity contribution >= 4 is 6.09 Å². The molecule has 3 heterocycles. The molecule has 1 fully saturated rings. The molecule has 30 heavy (non-hydrogen) atoms. The van der Waals surface area contributed by atoms with Crippen LogP contribution in [0.5, 0.6) is 5.75 Å². The van der Waals surface area contributed by atoms with Crippen LogP contribution in [0.3, 0.4) is 0 Å². The Balaban J connectivity index is 1.39. The molecule has 3 aromatic rings. The van der Waals surface area contributed by atoms with E-state index in [1.807, 2.05) is 13.1 Å². The molecule has 1 amide bonds. The van der Waals surface area contributed by atoms with Crippen LogP contribution < -0.4 is 4.74 Å². The van der Waals surface area contributed by atoms with Gasteiger partial charge in [-0.3, -0.25) is 4.98 Å². The number of aromatic nitrogens is 5. The highest BCUT2D eigenvalue weighted by molar-refractivity contribution is 5.65. The predicted octanol–water partition coefficient (Wildman–Crippen LogP) is 2.94. The van der Waals surface area contributed by atoms with E-state index in [0.717, 1.165) is 29.7 Å². The average molecular weight is 412 g/mol. The molecule has 10 heteroatoms. The number of pyridine rings is 1. The molecule has 1 saturated heterocycles. The van der Waals surface area contributed by atoms with Crippen LogP contribution in [0.15, 0.2) is 36.8 Å². The van der Waals surface area contributed by atoms with Gasteiger partial charge in [0.2, 0.25) is 0 Å². The van der Waals surface area contributed by atoms with Crippen LogP contribution >= 0.6 is 0 Å². The summed E-state index contributed by atoms with van der Waals surface area (Å²) < 4.78 is 21.4. The van der Waals surface area contributed by atoms with Gasteiger partial charge in [0.1, 0.15) is 12.9 Å². The summed E-state index contributed by atoms with van der Waals surface area (Å²) in [7, 11) is 0. The van der Waals surface area contributed by atoms with E-state index >= 15 is 0 Å². The van der Waals surface area contributed by atoms with Crippen molar-refractivity contribution in [3.05, 3.63) is 59.4 Å². The maximum atomic E-state index is 14.4. The number of rotatable bonds is 5. The third-order valence-electron chi connectivity index (χ3n) is 5.34. The molecule has 1 N–H and O–H groups in total. The summed E-state index contributed by atoms with van der Waals surface area (Å²) in [6.07, 6.45) is 3.89. The maximum absolute atomic E-state index is 14.4. The van der Waals surface area contributed by atoms with E-state index in [1.54, 1.807) is 6.07 Å². The normalized spacial score (nSPS) is 14.7. The van der Waals surface area contributed by atoms with Gasteiger partial charge in [0.25, 0.3) is 0 Å². The minimum Gasteiger partial charge on any atom is -0.484 e. The number of ether oxygens (including phenoxy) is 1. The van der Waals surface area contributed by atoms with Gasteiger partial charge in [0.05, 0.1) is 11.4 Å². The molecule has 2 aromatic heterocycles. The number of nitrogens with zero attached hydrogens (tertiary/aromatic N) is 6. The number of likely N-dealkylation sites (tertiary alicyclic amines) is 1. The zero-order valence-corrected chi connectivity index (χ0v) is 16.4. The van der Waals surface area contributed by atoms with Crippen molar-refractivity contribution < 1.29 is 19.0 Å². The van der Waals surface area contributed by atoms with E-state index in [1.165, 1.54) is 28.0 Å². The summed E-state index contributed by atoms with van der Waals surface area (Å²) in [5, 5.41) is 19.9. The Kier molecular flexibility index (Phi) is 5.55. The zero-order valence-electron chi connectivity index (χ0n) is 16.4. The smallest absolute Gasteiger partial charge is 0.407 e. The summed E-state index contributed by atoms with van der Waals surface area (Å²) >= 11 is 0. The number of amides is 1. The van der Waals surface area contributed by atoms with Gasteiger partial charge in [-0.2, -0.15) is 0 Å². The second-order valence-corrected chi connectivity index (χ2v) is 7.23. The number of piperidine rings is 1. The summed E-state index contributed by atoms with van der Waals surface area (Å²) in [5.74, 6) is -0.0985. The molecule has 0 bridgehead atoms. The van der Waals surface area contributed by atoms with Crippen LogP contribution in [0.1, 0.15) is 35.6 Å². The van der Waals surface area contributed by atoms with Crippen molar-refractivity contribution in [2.24, 2.45) is 0 Å². The number of carboxylic acid groups (broad SMARTS) is 1. The average Bonchev–Trinajstić information content (AvgIpc) is 3.28. The van der Waals surface area contributed by atoms with Gasteiger partial charge in [-0.25, -0.2) is 13.9 Å². The number of hydrogen-bond acceptors (Lipinski definition) is 6. The van der Waals surface area contributed by atoms with Crippen molar-refractivity contribution in [3.8, 4) is 11.4 Å². The fourth-order valence-corrected chi connectivity index (χ4v) is 3.58. The molecule has 0 aliphatic carbocycles. The zero-order chi connectivity index (χ0) is 21.1. The molecular weight excluding hydrogens is 391 g/mol. The van der Waals surface area contributed by atoms with Gasteiger partial charge in [-0.05, 0) is 59.4 Å². The molecule has 156 valence electrons. The topological polar surface area (TPSA) is 106 Å². The van der Waals surface area contributed by atoms with Gasteiger partial charge < -0.3 is 14.7 Å². The number of halogens is 1. The van der Waals surface area contributed by atoms with E-state index in [4.69, 9.17) is 9.84 Å². The van der Waals surface area contributed by atoms with Gasteiger partial charge in [-0.1, -0.05) is 6.07 Å². The Morgan fingerprint density at radius 1 is 1.30 bits per heavy atom. The molecular formula is C20H21FN6O3. The molecule has 0 radical (unpaired) electrons. The van der Waals surface area contributed by atoms with Crippen LogP contribution in [0.25, 0.3) is 5.69 Å². The van der Waals surface area contributed by atoms with Crippen LogP contribution in [0, 0.1) is 12.7 Å². The van der Waals surface area contributed by atoms with Crippen LogP contribution in [0.4, 0.5) is 9.18 Å². The molecule has 0 unspecified atom stereocenters. The Morgan fingerprint density at radius 3 is 2.73 bits per heavy atom. The van der Waals surface area contributed by atoms with E-state index in [0.29, 0.717) is 18.8 Å². The predicted molar refractivity (Wildman–Crippen MR) is 104 cm³/mol. The van der Waals surface area contributed by atoms with Crippen molar-refractivity contribution in [3.63, 3.8) is 0 Å². The maximum Gasteiger partial charge on any atom is 0.407 e. The Labute approximate surface area is 172 Å². The first-order valence-electron chi connectivity index (χ1n) is 9.60. The summed E-state index contributed by atoms with van der Waals surface area (Å²) in [4.78, 5) is 17.0. The molecule has 9 nitrogen and oxygen atoms in total. The highest BCUT2D eigenvalue weighted by Crippen LogP contribution is 2.29. The van der Waals surface area contributed by atoms with E-state index in [9.17, 15) is 9.18 Å². The van der Waals surface area contributed by atoms with Crippen molar-refractivity contribution in [1.82, 2.24) is 30.1 Å². The van der Waals surface area contributed by atoms with Gasteiger partial charge >= 0.3 is 6.09 Å². The quantitative estimate of drug-likeness (QED) is 0.687. The van der Waals surface area contributed by atoms with Crippen LogP contribution in [0.2, 0.25) is 0 Å². The first-order valence-corrected chi connectivity index (χ1v) is 9.60. The minimum atomic E-state index is -0.867. The Bertz CT molecular complexity index is 1040. The second kappa shape index (κ2) is 8.44. The SMILES string of the molecule is Cc1cc(C2CCN(C(=O)O)CC2)cnc1COc1ccc(-n2cnnn2)cc1F. The van der Waals surface area contributed by atoms with Crippen molar-refractivity contribution in [2.75, 3.05) is 13.1 Å². The van der Waals surface area contributed by atoms with E-state index < -0.39 is 11.9 Å². The Morgan fingerprint density at radius 2 is 2.10 bits per heavy atom. The number of tetrazole rings is 1. The molecule has 1 aromatic carbocycles. The summed E-state index contributed by atoms with van der Waals surface area (Å²) in [5.41, 5.74) is 3.28. The lowest BCUT2D eigenvalue weighted by atomic mass is 9.90. The fraction of sp³-hybridized carbons (Fsp3) is 0.350. The molecule has 4 rings (SSSR count). The minimum absolute atomic E-state index is 0.123. The number of aryl methyl sites for hydroxylation is 1. The monoisotopic (exact) mass is 412 g/mol. The molecule has 1 aliphatic heterocycles. The lowest BCUT2D eigenvalue weighted by Gasteiger charge is -2.30.